The molecule has 0 atom stereocenters. The summed E-state index contributed by atoms with van der Waals surface area (Å²) in [6.07, 6.45) is -1.03. The van der Waals surface area contributed by atoms with Gasteiger partial charge in [-0.15, -0.1) is 0 Å². The SMILES string of the molecule is C1OC(C2(C3OCO3)OCO2)O1. The number of rotatable bonds is 2. The van der Waals surface area contributed by atoms with Crippen molar-refractivity contribution in [3.05, 3.63) is 0 Å². The Labute approximate surface area is 68.2 Å². The molecule has 0 amide bonds. The molecule has 0 saturated carbocycles. The first kappa shape index (κ1) is 7.19. The molecule has 3 aliphatic heterocycles. The zero-order valence-electron chi connectivity index (χ0n) is 6.23. The average molecular weight is 176 g/mol. The third-order valence-electron chi connectivity index (χ3n) is 2.10. The molecule has 68 valence electrons. The summed E-state index contributed by atoms with van der Waals surface area (Å²) < 4.78 is 30.7. The predicted molar refractivity (Wildman–Crippen MR) is 31.4 cm³/mol. The van der Waals surface area contributed by atoms with Crippen LogP contribution in [0.15, 0.2) is 0 Å². The van der Waals surface area contributed by atoms with E-state index >= 15 is 0 Å². The van der Waals surface area contributed by atoms with Gasteiger partial charge >= 0.3 is 0 Å². The van der Waals surface area contributed by atoms with Crippen LogP contribution in [-0.2, 0) is 28.4 Å². The normalized spacial score (nSPS) is 35.0. The van der Waals surface area contributed by atoms with Crippen LogP contribution >= 0.6 is 0 Å². The average Bonchev–Trinajstić information content (AvgIpc) is 1.73. The molecule has 3 saturated heterocycles. The fraction of sp³-hybridized carbons (Fsp3) is 1.00. The van der Waals surface area contributed by atoms with E-state index in [0.29, 0.717) is 0 Å². The summed E-state index contributed by atoms with van der Waals surface area (Å²) in [5.41, 5.74) is 0. The molecule has 3 fully saturated rings. The summed E-state index contributed by atoms with van der Waals surface area (Å²) in [7, 11) is 0. The molecular weight excluding hydrogens is 168 g/mol. The number of hydrogen-bond donors (Lipinski definition) is 0. The van der Waals surface area contributed by atoms with Crippen molar-refractivity contribution >= 4 is 0 Å². The van der Waals surface area contributed by atoms with Crippen LogP contribution in [0, 0.1) is 0 Å². The molecule has 0 aromatic rings. The summed E-state index contributed by atoms with van der Waals surface area (Å²) in [5, 5.41) is 0. The van der Waals surface area contributed by atoms with Gasteiger partial charge in [0.05, 0.1) is 0 Å². The van der Waals surface area contributed by atoms with Gasteiger partial charge in [0.25, 0.3) is 5.79 Å². The zero-order chi connectivity index (χ0) is 8.02. The van der Waals surface area contributed by atoms with Crippen LogP contribution in [0.25, 0.3) is 0 Å². The lowest BCUT2D eigenvalue weighted by Crippen LogP contribution is -2.71. The van der Waals surface area contributed by atoms with Gasteiger partial charge < -0.3 is 28.4 Å². The van der Waals surface area contributed by atoms with E-state index in [1.165, 1.54) is 0 Å². The molecule has 0 aromatic carbocycles. The molecule has 0 aromatic heterocycles. The molecule has 0 bridgehead atoms. The summed E-state index contributed by atoms with van der Waals surface area (Å²) in [6.45, 7) is 0.768. The third kappa shape index (κ3) is 0.743. The third-order valence-corrected chi connectivity index (χ3v) is 2.10. The highest BCUT2D eigenvalue weighted by Crippen LogP contribution is 2.40. The fourth-order valence-corrected chi connectivity index (χ4v) is 1.32. The second kappa shape index (κ2) is 2.38. The van der Waals surface area contributed by atoms with Crippen LogP contribution in [0.5, 0.6) is 0 Å². The van der Waals surface area contributed by atoms with E-state index in [4.69, 9.17) is 28.4 Å². The summed E-state index contributed by atoms with van der Waals surface area (Å²) >= 11 is 0. The van der Waals surface area contributed by atoms with Gasteiger partial charge in [-0.1, -0.05) is 0 Å². The Bertz CT molecular complexity index is 166. The Balaban J connectivity index is 1.73. The first-order chi connectivity index (χ1) is 5.92. The predicted octanol–water partition coefficient (Wildman–Crippen LogP) is -0.652. The van der Waals surface area contributed by atoms with Gasteiger partial charge in [-0.05, 0) is 0 Å². The molecule has 3 aliphatic rings. The molecule has 6 nitrogen and oxygen atoms in total. The molecule has 0 N–H and O–H groups in total. The monoisotopic (exact) mass is 176 g/mol. The summed E-state index contributed by atoms with van der Waals surface area (Å²) in [4.78, 5) is 0. The van der Waals surface area contributed by atoms with Crippen LogP contribution < -0.4 is 0 Å². The first-order valence-corrected chi connectivity index (χ1v) is 3.66. The van der Waals surface area contributed by atoms with E-state index in [9.17, 15) is 0 Å². The Morgan fingerprint density at radius 1 is 0.750 bits per heavy atom. The van der Waals surface area contributed by atoms with Crippen LogP contribution in [0.2, 0.25) is 0 Å². The lowest BCUT2D eigenvalue weighted by atomic mass is 10.2. The molecule has 3 heterocycles. The maximum atomic E-state index is 5.20. The van der Waals surface area contributed by atoms with E-state index in [2.05, 4.69) is 0 Å². The maximum absolute atomic E-state index is 5.20. The van der Waals surface area contributed by atoms with Gasteiger partial charge in [0, 0.05) is 0 Å². The smallest absolute Gasteiger partial charge is 0.277 e. The maximum Gasteiger partial charge on any atom is 0.277 e. The molecule has 0 spiro atoms. The Morgan fingerprint density at radius 2 is 1.25 bits per heavy atom. The van der Waals surface area contributed by atoms with Crippen molar-refractivity contribution in [2.45, 2.75) is 18.4 Å². The van der Waals surface area contributed by atoms with E-state index in [0.717, 1.165) is 0 Å². The van der Waals surface area contributed by atoms with E-state index in [1.54, 1.807) is 0 Å². The van der Waals surface area contributed by atoms with Gasteiger partial charge in [-0.3, -0.25) is 0 Å². The minimum atomic E-state index is -0.976. The molecule has 0 unspecified atom stereocenters. The van der Waals surface area contributed by atoms with E-state index in [1.807, 2.05) is 0 Å². The number of hydrogen-bond acceptors (Lipinski definition) is 6. The van der Waals surface area contributed by atoms with Crippen molar-refractivity contribution in [1.82, 2.24) is 0 Å². The Kier molecular flexibility index (Phi) is 1.43. The van der Waals surface area contributed by atoms with Crippen molar-refractivity contribution in [3.8, 4) is 0 Å². The molecule has 12 heavy (non-hydrogen) atoms. The van der Waals surface area contributed by atoms with Crippen LogP contribution in [0.3, 0.4) is 0 Å². The fourth-order valence-electron chi connectivity index (χ4n) is 1.32. The van der Waals surface area contributed by atoms with E-state index in [-0.39, 0.29) is 20.4 Å². The summed E-state index contributed by atoms with van der Waals surface area (Å²) in [6, 6.07) is 0. The van der Waals surface area contributed by atoms with Crippen molar-refractivity contribution < 1.29 is 28.4 Å². The quantitative estimate of drug-likeness (QED) is 0.557. The Hall–Kier alpha value is -0.240. The van der Waals surface area contributed by atoms with Crippen LogP contribution in [-0.4, -0.2) is 38.7 Å². The van der Waals surface area contributed by atoms with Crippen molar-refractivity contribution in [1.29, 1.82) is 0 Å². The number of ether oxygens (including phenoxy) is 6. The molecule has 6 heteroatoms. The van der Waals surface area contributed by atoms with Crippen LogP contribution in [0.1, 0.15) is 0 Å². The van der Waals surface area contributed by atoms with Crippen molar-refractivity contribution in [2.24, 2.45) is 0 Å². The highest BCUT2D eigenvalue weighted by atomic mass is 17.0. The lowest BCUT2D eigenvalue weighted by molar-refractivity contribution is -0.573. The van der Waals surface area contributed by atoms with E-state index < -0.39 is 18.4 Å². The standard InChI is InChI=1S/C6H8O6/c1-7-4(8-1)6(11-3-12-6)5-9-2-10-5/h4-5H,1-3H2. The largest absolute Gasteiger partial charge is 0.321 e. The minimum Gasteiger partial charge on any atom is -0.321 e. The van der Waals surface area contributed by atoms with Gasteiger partial charge in [0.2, 0.25) is 12.6 Å². The lowest BCUT2D eigenvalue weighted by Gasteiger charge is -2.53. The highest BCUT2D eigenvalue weighted by Gasteiger charge is 2.62. The molecular formula is C6H8O6. The first-order valence-electron chi connectivity index (χ1n) is 3.66. The van der Waals surface area contributed by atoms with Gasteiger partial charge in [-0.2, -0.15) is 0 Å². The minimum absolute atomic E-state index is 0.229. The molecule has 0 aliphatic carbocycles. The van der Waals surface area contributed by atoms with Gasteiger partial charge in [-0.25, -0.2) is 0 Å². The molecule has 0 radical (unpaired) electrons. The zero-order valence-corrected chi connectivity index (χ0v) is 6.23. The van der Waals surface area contributed by atoms with Gasteiger partial charge in [0.1, 0.15) is 0 Å². The molecule has 3 rings (SSSR count). The van der Waals surface area contributed by atoms with Crippen molar-refractivity contribution in [3.63, 3.8) is 0 Å². The second-order valence-electron chi connectivity index (χ2n) is 2.69. The van der Waals surface area contributed by atoms with Crippen molar-refractivity contribution in [2.75, 3.05) is 20.4 Å². The second-order valence-corrected chi connectivity index (χ2v) is 2.69. The van der Waals surface area contributed by atoms with Crippen LogP contribution in [0.4, 0.5) is 0 Å². The topological polar surface area (TPSA) is 55.4 Å². The van der Waals surface area contributed by atoms with Gasteiger partial charge in [0.15, 0.2) is 20.4 Å². The highest BCUT2D eigenvalue weighted by molar-refractivity contribution is 4.86. The summed E-state index contributed by atoms with van der Waals surface area (Å²) in [5.74, 6) is -0.976. The Morgan fingerprint density at radius 3 is 1.42 bits per heavy atom.